The second-order valence-electron chi connectivity index (χ2n) is 6.73. The molecule has 4 rings (SSSR count). The van der Waals surface area contributed by atoms with Crippen LogP contribution >= 0.6 is 36.7 Å². The number of alkyl halides is 3. The van der Waals surface area contributed by atoms with Gasteiger partial charge in [-0.2, -0.15) is 13.9 Å². The third-order valence-corrected chi connectivity index (χ3v) is 6.31. The summed E-state index contributed by atoms with van der Waals surface area (Å²) in [6.07, 6.45) is 1.56. The molecule has 2 aromatic heterocycles. The number of aryl methyl sites for hydroxylation is 1. The third-order valence-electron chi connectivity index (χ3n) is 4.53. The van der Waals surface area contributed by atoms with Crippen molar-refractivity contribution in [2.24, 2.45) is 0 Å². The van der Waals surface area contributed by atoms with Crippen molar-refractivity contribution in [3.05, 3.63) is 80.4 Å². The van der Waals surface area contributed by atoms with Crippen LogP contribution in [0.15, 0.2) is 57.9 Å². The van der Waals surface area contributed by atoms with E-state index in [9.17, 15) is 13.6 Å². The topological polar surface area (TPSA) is 72.8 Å². The Balaban J connectivity index is 1.78. The first-order chi connectivity index (χ1) is 14.8. The lowest BCUT2D eigenvalue weighted by Gasteiger charge is -2.16. The Labute approximate surface area is 194 Å². The highest BCUT2D eigenvalue weighted by molar-refractivity contribution is 14.2. The molecule has 0 amide bonds. The zero-order chi connectivity index (χ0) is 22.2. The van der Waals surface area contributed by atoms with Gasteiger partial charge in [-0.05, 0) is 46.6 Å². The predicted octanol–water partition coefficient (Wildman–Crippen LogP) is 5.10. The Bertz CT molecular complexity index is 1350. The lowest BCUT2D eigenvalue weighted by molar-refractivity contribution is -0.0698. The summed E-state index contributed by atoms with van der Waals surface area (Å²) < 4.78 is 34.8. The fourth-order valence-electron chi connectivity index (χ4n) is 3.09. The second-order valence-corrected chi connectivity index (χ2v) is 9.60. The fraction of sp³-hybridized carbons (Fsp3) is 0.143. The Kier molecular flexibility index (Phi) is 6.02. The molecule has 160 valence electrons. The summed E-state index contributed by atoms with van der Waals surface area (Å²) in [4.78, 5) is 19.9. The molecule has 31 heavy (non-hydrogen) atoms. The molecule has 2 aromatic carbocycles. The number of aromatic amines is 1. The Morgan fingerprint density at radius 1 is 1.29 bits per heavy atom. The maximum absolute atomic E-state index is 13.8. The van der Waals surface area contributed by atoms with Crippen LogP contribution in [0.5, 0.6) is 5.75 Å². The highest BCUT2D eigenvalue weighted by atomic mass is 127. The molecule has 0 aliphatic heterocycles. The van der Waals surface area contributed by atoms with E-state index < -0.39 is 24.8 Å². The van der Waals surface area contributed by atoms with Crippen LogP contribution in [0, 0.1) is 6.92 Å². The van der Waals surface area contributed by atoms with Gasteiger partial charge in [0.1, 0.15) is 17.0 Å². The maximum atomic E-state index is 13.8. The molecule has 2 heterocycles. The molecular weight excluding hydrogens is 585 g/mol. The minimum absolute atomic E-state index is 0.0357. The number of H-pyrrole nitrogens is 1. The number of rotatable bonds is 6. The molecule has 0 aliphatic carbocycles. The Morgan fingerprint density at radius 3 is 2.84 bits per heavy atom. The first-order valence-electron chi connectivity index (χ1n) is 9.05. The first kappa shape index (κ1) is 21.8. The molecular formula is C21H16BrF2IN4O2. The van der Waals surface area contributed by atoms with Gasteiger partial charge >= 0.3 is 4.12 Å². The van der Waals surface area contributed by atoms with Gasteiger partial charge in [0.15, 0.2) is 5.65 Å². The standard InChI is InChI=1S/C21H16BrF2IN4O2/c1-12-7-8-15(22)16(9-12)29-19-14(11-26-29)20(30)28-18(27-19)10-13-5-3-4-6-17(13)31-21(23,24)25-2/h3-9,11H,2,10H2,1H3,(H,27,28,30). The van der Waals surface area contributed by atoms with Crippen molar-refractivity contribution in [2.45, 2.75) is 17.5 Å². The average Bonchev–Trinajstić information content (AvgIpc) is 3.15. The number of fused-ring (bicyclic) bond motifs is 1. The van der Waals surface area contributed by atoms with Crippen molar-refractivity contribution >= 4 is 52.2 Å². The van der Waals surface area contributed by atoms with Gasteiger partial charge in [0.2, 0.25) is 0 Å². The minimum atomic E-state index is -3.28. The van der Waals surface area contributed by atoms with E-state index in [0.717, 1.165) is 15.7 Å². The van der Waals surface area contributed by atoms with Gasteiger partial charge in [-0.1, -0.05) is 28.8 Å². The molecule has 10 heteroatoms. The fourth-order valence-corrected chi connectivity index (χ4v) is 3.90. The van der Waals surface area contributed by atoms with Gasteiger partial charge in [-0.25, -0.2) is 9.67 Å². The number of hydrogen-bond acceptors (Lipinski definition) is 4. The van der Waals surface area contributed by atoms with Gasteiger partial charge in [0.05, 0.1) is 11.9 Å². The molecule has 0 spiro atoms. The number of hydrogen-bond donors (Lipinski definition) is 1. The zero-order valence-corrected chi connectivity index (χ0v) is 19.9. The second kappa shape index (κ2) is 8.58. The summed E-state index contributed by atoms with van der Waals surface area (Å²) >= 11 is 1.82. The van der Waals surface area contributed by atoms with Crippen molar-refractivity contribution in [2.75, 3.05) is 0 Å². The Morgan fingerprint density at radius 2 is 2.06 bits per heavy atom. The summed E-state index contributed by atoms with van der Waals surface area (Å²) in [5.41, 5.74) is 2.25. The van der Waals surface area contributed by atoms with Crippen molar-refractivity contribution in [3.8, 4) is 11.4 Å². The van der Waals surface area contributed by atoms with E-state index in [0.29, 0.717) is 22.4 Å². The normalized spacial score (nSPS) is 11.7. The summed E-state index contributed by atoms with van der Waals surface area (Å²) in [7, 11) is 0. The number of ether oxygens (including phenoxy) is 1. The molecule has 0 saturated carbocycles. The van der Waals surface area contributed by atoms with Crippen molar-refractivity contribution in [1.29, 1.82) is 0 Å². The van der Waals surface area contributed by atoms with E-state index in [4.69, 9.17) is 4.74 Å². The number of para-hydroxylation sites is 1. The molecule has 0 atom stereocenters. The van der Waals surface area contributed by atoms with E-state index in [1.165, 1.54) is 12.3 Å². The van der Waals surface area contributed by atoms with Crippen LogP contribution in [0.4, 0.5) is 8.78 Å². The van der Waals surface area contributed by atoms with E-state index in [2.05, 4.69) is 35.5 Å². The molecule has 0 aliphatic rings. The quantitative estimate of drug-likeness (QED) is 0.247. The number of nitrogens with one attached hydrogen (secondary N) is 1. The molecule has 6 nitrogen and oxygen atoms in total. The lowest BCUT2D eigenvalue weighted by Crippen LogP contribution is -2.18. The van der Waals surface area contributed by atoms with Crippen LogP contribution in [-0.4, -0.2) is 28.4 Å². The summed E-state index contributed by atoms with van der Waals surface area (Å²) in [5, 5.41) is 4.66. The first-order valence-corrected chi connectivity index (χ1v) is 12.4. The molecule has 0 bridgehead atoms. The monoisotopic (exact) mass is 600 g/mol. The third kappa shape index (κ3) is 4.59. The van der Waals surface area contributed by atoms with E-state index in [-0.39, 0.29) is 17.7 Å². The van der Waals surface area contributed by atoms with Crippen LogP contribution in [0.2, 0.25) is 0 Å². The molecule has 0 saturated heterocycles. The zero-order valence-electron chi connectivity index (χ0n) is 16.2. The number of nitrogens with zero attached hydrogens (tertiary/aromatic N) is 3. The number of halogens is 4. The lowest BCUT2D eigenvalue weighted by atomic mass is 10.1. The molecule has 0 unspecified atom stereocenters. The molecule has 0 fully saturated rings. The van der Waals surface area contributed by atoms with Crippen molar-refractivity contribution in [1.82, 2.24) is 19.7 Å². The van der Waals surface area contributed by atoms with Crippen molar-refractivity contribution in [3.63, 3.8) is 0 Å². The van der Waals surface area contributed by atoms with Crippen LogP contribution in [0.1, 0.15) is 17.0 Å². The van der Waals surface area contributed by atoms with E-state index in [1.807, 2.05) is 25.1 Å². The van der Waals surface area contributed by atoms with Crippen LogP contribution in [0.3, 0.4) is 0 Å². The predicted molar refractivity (Wildman–Crippen MR) is 128 cm³/mol. The van der Waals surface area contributed by atoms with Gasteiger partial charge < -0.3 is 9.72 Å². The van der Waals surface area contributed by atoms with E-state index >= 15 is 0 Å². The van der Waals surface area contributed by atoms with Crippen LogP contribution < -0.4 is 10.3 Å². The van der Waals surface area contributed by atoms with Gasteiger partial charge in [-0.3, -0.25) is 4.79 Å². The highest BCUT2D eigenvalue weighted by Crippen LogP contribution is 2.33. The molecule has 1 N–H and O–H groups in total. The summed E-state index contributed by atoms with van der Waals surface area (Å²) in [6, 6.07) is 12.2. The molecule has 4 aromatic rings. The molecule has 0 radical (unpaired) electrons. The summed E-state index contributed by atoms with van der Waals surface area (Å²) in [6.45, 7) is 1.95. The summed E-state index contributed by atoms with van der Waals surface area (Å²) in [5.74, 6) is 0.347. The SMILES string of the molecule is C=IC(F)(F)Oc1ccccc1Cc1nc2c(cnn2-c2cc(C)ccc2Br)c(=O)[nH]1. The van der Waals surface area contributed by atoms with Crippen molar-refractivity contribution < 1.29 is 13.5 Å². The highest BCUT2D eigenvalue weighted by Gasteiger charge is 2.28. The largest absolute Gasteiger partial charge is 0.445 e. The van der Waals surface area contributed by atoms with E-state index in [1.54, 1.807) is 22.9 Å². The van der Waals surface area contributed by atoms with Crippen LogP contribution in [0.25, 0.3) is 16.7 Å². The van der Waals surface area contributed by atoms with Gasteiger partial charge in [0.25, 0.3) is 5.56 Å². The van der Waals surface area contributed by atoms with Crippen LogP contribution in [-0.2, 0) is 6.42 Å². The average molecular weight is 601 g/mol. The van der Waals surface area contributed by atoms with Gasteiger partial charge in [-0.15, -0.1) is 0 Å². The number of benzene rings is 2. The Hall–Kier alpha value is -2.47. The number of aromatic nitrogens is 4. The maximum Gasteiger partial charge on any atom is 0.445 e. The smallest absolute Gasteiger partial charge is 0.425 e. The van der Waals surface area contributed by atoms with Gasteiger partial charge in [0, 0.05) is 37.2 Å². The minimum Gasteiger partial charge on any atom is -0.425 e.